The highest BCUT2D eigenvalue weighted by molar-refractivity contribution is 5.66. The average molecular weight is 376 g/mol. The Hall–Kier alpha value is -1.63. The Balaban J connectivity index is 1.87. The highest BCUT2D eigenvalue weighted by Crippen LogP contribution is 2.61. The Morgan fingerprint density at radius 2 is 1.21 bits per heavy atom. The Labute approximate surface area is 172 Å². The fourth-order valence-electron chi connectivity index (χ4n) is 6.23. The first kappa shape index (κ1) is 19.7. The Morgan fingerprint density at radius 3 is 1.86 bits per heavy atom. The molecule has 0 fully saturated rings. The van der Waals surface area contributed by atoms with E-state index in [0.717, 1.165) is 5.69 Å². The summed E-state index contributed by atoms with van der Waals surface area (Å²) in [5.74, 6) is 0. The summed E-state index contributed by atoms with van der Waals surface area (Å²) < 4.78 is 0. The molecule has 0 N–H and O–H groups in total. The second kappa shape index (κ2) is 5.29. The lowest BCUT2D eigenvalue weighted by molar-refractivity contribution is 0.125. The van der Waals surface area contributed by atoms with Gasteiger partial charge in [-0.3, -0.25) is 4.98 Å². The third kappa shape index (κ3) is 2.28. The van der Waals surface area contributed by atoms with Gasteiger partial charge < -0.3 is 0 Å². The van der Waals surface area contributed by atoms with Crippen LogP contribution in [0, 0.1) is 5.41 Å². The molecule has 150 valence electrons. The minimum atomic E-state index is 0.125. The van der Waals surface area contributed by atoms with Gasteiger partial charge in [-0.05, 0) is 67.9 Å². The van der Waals surface area contributed by atoms with Gasteiger partial charge in [-0.15, -0.1) is 0 Å². The normalized spacial score (nSPS) is 24.6. The van der Waals surface area contributed by atoms with Crippen molar-refractivity contribution in [3.05, 3.63) is 52.7 Å². The van der Waals surface area contributed by atoms with E-state index in [0.29, 0.717) is 0 Å². The van der Waals surface area contributed by atoms with Crippen LogP contribution in [-0.4, -0.2) is 4.98 Å². The molecule has 28 heavy (non-hydrogen) atoms. The predicted octanol–water partition coefficient (Wildman–Crippen LogP) is 7.30. The first-order valence-electron chi connectivity index (χ1n) is 10.8. The van der Waals surface area contributed by atoms with Crippen molar-refractivity contribution in [1.82, 2.24) is 4.98 Å². The van der Waals surface area contributed by atoms with Crippen LogP contribution in [0.4, 0.5) is 0 Å². The minimum Gasteiger partial charge on any atom is -0.256 e. The fourth-order valence-corrected chi connectivity index (χ4v) is 6.23. The quantitative estimate of drug-likeness (QED) is 0.509. The summed E-state index contributed by atoms with van der Waals surface area (Å²) in [6.07, 6.45) is 3.33. The van der Waals surface area contributed by atoms with Gasteiger partial charge in [0, 0.05) is 11.8 Å². The maximum Gasteiger partial charge on any atom is 0.0705 e. The van der Waals surface area contributed by atoms with Gasteiger partial charge in [0.1, 0.15) is 0 Å². The molecule has 0 spiro atoms. The van der Waals surface area contributed by atoms with E-state index in [4.69, 9.17) is 4.98 Å². The van der Waals surface area contributed by atoms with Crippen LogP contribution in [0.2, 0.25) is 0 Å². The number of pyridine rings is 1. The summed E-state index contributed by atoms with van der Waals surface area (Å²) >= 11 is 0. The van der Waals surface area contributed by atoms with Crippen LogP contribution >= 0.6 is 0 Å². The van der Waals surface area contributed by atoms with Gasteiger partial charge in [0.2, 0.25) is 0 Å². The third-order valence-electron chi connectivity index (χ3n) is 9.03. The van der Waals surface area contributed by atoms with Crippen molar-refractivity contribution in [2.75, 3.05) is 0 Å². The van der Waals surface area contributed by atoms with Crippen molar-refractivity contribution < 1.29 is 0 Å². The first-order valence-corrected chi connectivity index (χ1v) is 10.8. The molecule has 1 heterocycles. The summed E-state index contributed by atoms with van der Waals surface area (Å²) in [7, 11) is 0. The molecular weight excluding hydrogens is 338 g/mol. The molecule has 0 unspecified atom stereocenters. The maximum atomic E-state index is 4.93. The molecule has 0 saturated heterocycles. The van der Waals surface area contributed by atoms with Crippen molar-refractivity contribution in [1.29, 1.82) is 0 Å². The van der Waals surface area contributed by atoms with E-state index < -0.39 is 0 Å². The molecule has 0 bridgehead atoms. The van der Waals surface area contributed by atoms with E-state index in [1.54, 1.807) is 0 Å². The molecule has 1 aromatic heterocycles. The summed E-state index contributed by atoms with van der Waals surface area (Å²) in [6.45, 7) is 23.9. The van der Waals surface area contributed by atoms with Crippen LogP contribution in [0.3, 0.4) is 0 Å². The zero-order chi connectivity index (χ0) is 20.9. The highest BCUT2D eigenvalue weighted by Gasteiger charge is 2.56. The summed E-state index contributed by atoms with van der Waals surface area (Å²) in [5, 5.41) is 0. The minimum absolute atomic E-state index is 0.125. The third-order valence-corrected chi connectivity index (χ3v) is 9.03. The van der Waals surface area contributed by atoms with Gasteiger partial charge >= 0.3 is 0 Å². The number of aromatic nitrogens is 1. The average Bonchev–Trinajstić information content (AvgIpc) is 2.83. The topological polar surface area (TPSA) is 12.9 Å². The number of fused-ring (bicyclic) bond motifs is 2. The van der Waals surface area contributed by atoms with Crippen molar-refractivity contribution >= 4 is 0 Å². The molecule has 1 heteroatoms. The van der Waals surface area contributed by atoms with E-state index >= 15 is 0 Å². The van der Waals surface area contributed by atoms with Gasteiger partial charge in [0.25, 0.3) is 0 Å². The Kier molecular flexibility index (Phi) is 3.72. The van der Waals surface area contributed by atoms with E-state index in [2.05, 4.69) is 99.7 Å². The van der Waals surface area contributed by atoms with Crippen LogP contribution < -0.4 is 0 Å². The van der Waals surface area contributed by atoms with Gasteiger partial charge in [-0.25, -0.2) is 0 Å². The molecule has 0 aliphatic heterocycles. The van der Waals surface area contributed by atoms with Crippen molar-refractivity contribution in [2.24, 2.45) is 5.41 Å². The second-order valence-corrected chi connectivity index (χ2v) is 12.2. The lowest BCUT2D eigenvalue weighted by Crippen LogP contribution is -2.42. The number of rotatable bonds is 1. The Bertz CT molecular complexity index is 970. The summed E-state index contributed by atoms with van der Waals surface area (Å²) in [6, 6.07) is 9.45. The molecule has 2 aromatic rings. The van der Waals surface area contributed by atoms with Gasteiger partial charge in [-0.2, -0.15) is 0 Å². The van der Waals surface area contributed by atoms with Gasteiger partial charge in [0.05, 0.1) is 5.69 Å². The lowest BCUT2D eigenvalue weighted by atomic mass is 9.59. The molecule has 0 radical (unpaired) electrons. The molecule has 4 rings (SSSR count). The van der Waals surface area contributed by atoms with Crippen LogP contribution in [0.15, 0.2) is 30.5 Å². The summed E-state index contributed by atoms with van der Waals surface area (Å²) in [5.41, 5.74) is 9.13. The van der Waals surface area contributed by atoms with Crippen LogP contribution in [0.5, 0.6) is 0 Å². The molecule has 0 amide bonds. The Morgan fingerprint density at radius 1 is 0.643 bits per heavy atom. The van der Waals surface area contributed by atoms with E-state index in [9.17, 15) is 0 Å². The second-order valence-electron chi connectivity index (χ2n) is 12.2. The molecule has 0 saturated carbocycles. The zero-order valence-corrected chi connectivity index (χ0v) is 19.5. The van der Waals surface area contributed by atoms with Crippen LogP contribution in [-0.2, 0) is 21.7 Å². The SMILES string of the molecule is CC1(C)CC(C)(C)c2cc(-c3ccc4c(c3)C(C)(C)C(C)(C)C4(C)C)ncc21. The molecule has 1 aromatic carbocycles. The number of nitrogens with zero attached hydrogens (tertiary/aromatic N) is 1. The maximum absolute atomic E-state index is 4.93. The number of hydrogen-bond donors (Lipinski definition) is 0. The van der Waals surface area contributed by atoms with E-state index in [-0.39, 0.29) is 27.1 Å². The highest BCUT2D eigenvalue weighted by atomic mass is 14.7. The largest absolute Gasteiger partial charge is 0.256 e. The standard InChI is InChI=1S/C27H37N/c1-23(2)16-24(3,4)21-15-28-22(14-19(21)23)17-11-12-18-20(13-17)26(7,8)27(9,10)25(18,5)6/h11-15H,16H2,1-10H3. The zero-order valence-electron chi connectivity index (χ0n) is 19.5. The summed E-state index contributed by atoms with van der Waals surface area (Å²) in [4.78, 5) is 4.93. The van der Waals surface area contributed by atoms with Crippen molar-refractivity contribution in [3.63, 3.8) is 0 Å². The van der Waals surface area contributed by atoms with E-state index in [1.807, 2.05) is 0 Å². The number of benzene rings is 1. The van der Waals surface area contributed by atoms with Crippen molar-refractivity contribution in [2.45, 2.75) is 97.3 Å². The van der Waals surface area contributed by atoms with E-state index in [1.165, 1.54) is 34.2 Å². The fraction of sp³-hybridized carbons (Fsp3) is 0.593. The van der Waals surface area contributed by atoms with Crippen LogP contribution in [0.25, 0.3) is 11.3 Å². The van der Waals surface area contributed by atoms with Gasteiger partial charge in [-0.1, -0.05) is 81.4 Å². The molecule has 1 nitrogen and oxygen atoms in total. The molecule has 2 aliphatic rings. The van der Waals surface area contributed by atoms with Crippen LogP contribution in [0.1, 0.15) is 97.9 Å². The number of hydrogen-bond acceptors (Lipinski definition) is 1. The van der Waals surface area contributed by atoms with Gasteiger partial charge in [0.15, 0.2) is 0 Å². The molecule has 2 aliphatic carbocycles. The molecule has 0 atom stereocenters. The predicted molar refractivity (Wildman–Crippen MR) is 120 cm³/mol. The first-order chi connectivity index (χ1) is 12.6. The van der Waals surface area contributed by atoms with Crippen molar-refractivity contribution in [3.8, 4) is 11.3 Å². The monoisotopic (exact) mass is 375 g/mol. The smallest absolute Gasteiger partial charge is 0.0705 e. The molecular formula is C27H37N. The lowest BCUT2D eigenvalue weighted by Gasteiger charge is -2.44.